The molecule has 0 amide bonds. The zero-order valence-electron chi connectivity index (χ0n) is 14.5. The van der Waals surface area contributed by atoms with Gasteiger partial charge in [-0.3, -0.25) is 4.79 Å². The van der Waals surface area contributed by atoms with Gasteiger partial charge >= 0.3 is 0 Å². The minimum absolute atomic E-state index is 0.114. The van der Waals surface area contributed by atoms with Crippen LogP contribution in [0.3, 0.4) is 0 Å². The van der Waals surface area contributed by atoms with Gasteiger partial charge in [0.25, 0.3) is 5.56 Å². The Morgan fingerprint density at radius 3 is 2.65 bits per heavy atom. The van der Waals surface area contributed by atoms with Crippen molar-refractivity contribution in [3.05, 3.63) is 74.5 Å². The van der Waals surface area contributed by atoms with E-state index in [-0.39, 0.29) is 5.56 Å². The number of hydrogen-bond acceptors (Lipinski definition) is 5. The standard InChI is InChI=1S/C20H17N3O2S/c1-3-25-16-7-5-4-6-15(16)12-17-19(24)23-18(21-22-20(23)26-17)14-10-8-13(2)9-11-14/h4-12H,3H2,1-2H3/b17-12+. The van der Waals surface area contributed by atoms with Gasteiger partial charge in [0.1, 0.15) is 5.75 Å². The fourth-order valence-electron chi connectivity index (χ4n) is 2.78. The first-order valence-electron chi connectivity index (χ1n) is 8.36. The van der Waals surface area contributed by atoms with E-state index in [1.807, 2.05) is 68.5 Å². The van der Waals surface area contributed by atoms with Crippen molar-refractivity contribution in [1.82, 2.24) is 14.6 Å². The van der Waals surface area contributed by atoms with Crippen LogP contribution >= 0.6 is 11.3 Å². The quantitative estimate of drug-likeness (QED) is 0.559. The zero-order chi connectivity index (χ0) is 18.1. The second-order valence-corrected chi connectivity index (χ2v) is 6.90. The summed E-state index contributed by atoms with van der Waals surface area (Å²) in [5.41, 5.74) is 2.79. The summed E-state index contributed by atoms with van der Waals surface area (Å²) in [5, 5.41) is 8.38. The van der Waals surface area contributed by atoms with E-state index in [0.29, 0.717) is 21.9 Å². The van der Waals surface area contributed by atoms with Crippen LogP contribution in [0.1, 0.15) is 18.1 Å². The molecule has 0 fully saturated rings. The molecule has 6 heteroatoms. The summed E-state index contributed by atoms with van der Waals surface area (Å²) in [6, 6.07) is 15.6. The van der Waals surface area contributed by atoms with Crippen LogP contribution in [0.5, 0.6) is 5.75 Å². The van der Waals surface area contributed by atoms with E-state index in [9.17, 15) is 4.79 Å². The van der Waals surface area contributed by atoms with Crippen LogP contribution in [0.4, 0.5) is 0 Å². The third-order valence-corrected chi connectivity index (χ3v) is 5.02. The Hall–Kier alpha value is -2.99. The number of hydrogen-bond donors (Lipinski definition) is 0. The molecule has 5 nitrogen and oxygen atoms in total. The van der Waals surface area contributed by atoms with Gasteiger partial charge in [0.05, 0.1) is 11.1 Å². The maximum absolute atomic E-state index is 12.9. The molecule has 0 saturated carbocycles. The second-order valence-electron chi connectivity index (χ2n) is 5.89. The average molecular weight is 363 g/mol. The summed E-state index contributed by atoms with van der Waals surface area (Å²) < 4.78 is 7.83. The Morgan fingerprint density at radius 1 is 1.12 bits per heavy atom. The number of nitrogens with zero attached hydrogens (tertiary/aromatic N) is 3. The Balaban J connectivity index is 1.88. The average Bonchev–Trinajstić information content (AvgIpc) is 3.19. The molecule has 2 aromatic heterocycles. The number of fused-ring (bicyclic) bond motifs is 1. The van der Waals surface area contributed by atoms with Crippen LogP contribution in [0, 0.1) is 6.92 Å². The fourth-order valence-corrected chi connectivity index (χ4v) is 3.68. The highest BCUT2D eigenvalue weighted by atomic mass is 32.1. The molecule has 0 radical (unpaired) electrons. The van der Waals surface area contributed by atoms with Gasteiger partial charge in [0, 0.05) is 11.1 Å². The van der Waals surface area contributed by atoms with E-state index < -0.39 is 0 Å². The van der Waals surface area contributed by atoms with Gasteiger partial charge in [-0.15, -0.1) is 10.2 Å². The first-order valence-corrected chi connectivity index (χ1v) is 9.17. The number of rotatable bonds is 4. The van der Waals surface area contributed by atoms with E-state index in [2.05, 4.69) is 10.2 Å². The van der Waals surface area contributed by atoms with E-state index in [4.69, 9.17) is 4.74 Å². The molecule has 4 rings (SSSR count). The summed E-state index contributed by atoms with van der Waals surface area (Å²) in [7, 11) is 0. The van der Waals surface area contributed by atoms with Crippen molar-refractivity contribution >= 4 is 22.4 Å². The molecular weight excluding hydrogens is 346 g/mol. The monoisotopic (exact) mass is 363 g/mol. The van der Waals surface area contributed by atoms with Gasteiger partial charge in [-0.05, 0) is 26.0 Å². The highest BCUT2D eigenvalue weighted by molar-refractivity contribution is 7.15. The van der Waals surface area contributed by atoms with Crippen LogP contribution in [0.15, 0.2) is 53.3 Å². The fraction of sp³-hybridized carbons (Fsp3) is 0.150. The number of para-hydroxylation sites is 1. The Bertz CT molecular complexity index is 1180. The summed E-state index contributed by atoms with van der Waals surface area (Å²) in [6.07, 6.45) is 1.85. The maximum atomic E-state index is 12.9. The van der Waals surface area contributed by atoms with Crippen molar-refractivity contribution in [3.8, 4) is 17.1 Å². The molecule has 0 saturated heterocycles. The van der Waals surface area contributed by atoms with Crippen LogP contribution < -0.4 is 14.8 Å². The first kappa shape index (κ1) is 16.5. The van der Waals surface area contributed by atoms with Crippen molar-refractivity contribution < 1.29 is 4.74 Å². The molecular formula is C20H17N3O2S. The van der Waals surface area contributed by atoms with Crippen LogP contribution in [-0.4, -0.2) is 21.2 Å². The molecule has 0 aliphatic heterocycles. The SMILES string of the molecule is CCOc1ccccc1/C=c1/sc2nnc(-c3ccc(C)cc3)n2c1=O. The number of benzene rings is 2. The van der Waals surface area contributed by atoms with Gasteiger partial charge in [-0.2, -0.15) is 0 Å². The van der Waals surface area contributed by atoms with Crippen molar-refractivity contribution in [2.45, 2.75) is 13.8 Å². The molecule has 0 atom stereocenters. The predicted molar refractivity (Wildman–Crippen MR) is 104 cm³/mol. The van der Waals surface area contributed by atoms with Gasteiger partial charge in [-0.1, -0.05) is 59.4 Å². The van der Waals surface area contributed by atoms with E-state index >= 15 is 0 Å². The minimum atomic E-state index is -0.114. The minimum Gasteiger partial charge on any atom is -0.493 e. The Morgan fingerprint density at radius 2 is 1.88 bits per heavy atom. The lowest BCUT2D eigenvalue weighted by Gasteiger charge is -2.05. The van der Waals surface area contributed by atoms with Crippen molar-refractivity contribution in [1.29, 1.82) is 0 Å². The van der Waals surface area contributed by atoms with Crippen molar-refractivity contribution in [3.63, 3.8) is 0 Å². The summed E-state index contributed by atoms with van der Waals surface area (Å²) in [6.45, 7) is 4.54. The molecule has 0 spiro atoms. The van der Waals surface area contributed by atoms with Gasteiger partial charge in [0.15, 0.2) is 5.82 Å². The largest absolute Gasteiger partial charge is 0.493 e. The maximum Gasteiger partial charge on any atom is 0.276 e. The third-order valence-electron chi connectivity index (χ3n) is 4.06. The third kappa shape index (κ3) is 2.88. The van der Waals surface area contributed by atoms with E-state index in [1.54, 1.807) is 4.40 Å². The Kier molecular flexibility index (Phi) is 4.26. The Labute approximate surface area is 154 Å². The second kappa shape index (κ2) is 6.72. The zero-order valence-corrected chi connectivity index (χ0v) is 15.3. The van der Waals surface area contributed by atoms with Crippen molar-refractivity contribution in [2.24, 2.45) is 0 Å². The van der Waals surface area contributed by atoms with Gasteiger partial charge < -0.3 is 4.74 Å². The lowest BCUT2D eigenvalue weighted by atomic mass is 10.1. The predicted octanol–water partition coefficient (Wildman–Crippen LogP) is 3.07. The summed E-state index contributed by atoms with van der Waals surface area (Å²) in [5.74, 6) is 1.33. The molecule has 0 N–H and O–H groups in total. The molecule has 0 bridgehead atoms. The van der Waals surface area contributed by atoms with Crippen LogP contribution in [-0.2, 0) is 0 Å². The smallest absolute Gasteiger partial charge is 0.276 e. The number of aryl methyl sites for hydroxylation is 1. The molecule has 2 aromatic carbocycles. The molecule has 0 aliphatic carbocycles. The van der Waals surface area contributed by atoms with Crippen LogP contribution in [0.2, 0.25) is 0 Å². The molecule has 4 aromatic rings. The lowest BCUT2D eigenvalue weighted by molar-refractivity contribution is 0.339. The number of aromatic nitrogens is 3. The van der Waals surface area contributed by atoms with Gasteiger partial charge in [-0.25, -0.2) is 4.40 Å². The normalized spacial score (nSPS) is 12.0. The molecule has 26 heavy (non-hydrogen) atoms. The van der Waals surface area contributed by atoms with E-state index in [1.165, 1.54) is 11.3 Å². The summed E-state index contributed by atoms with van der Waals surface area (Å²) >= 11 is 1.33. The number of thiazole rings is 1. The van der Waals surface area contributed by atoms with Crippen molar-refractivity contribution in [2.75, 3.05) is 6.61 Å². The molecule has 0 unspecified atom stereocenters. The lowest BCUT2D eigenvalue weighted by Crippen LogP contribution is -2.23. The first-order chi connectivity index (χ1) is 12.7. The highest BCUT2D eigenvalue weighted by Gasteiger charge is 2.14. The number of ether oxygens (including phenoxy) is 1. The molecule has 0 aliphatic rings. The summed E-state index contributed by atoms with van der Waals surface area (Å²) in [4.78, 5) is 13.5. The van der Waals surface area contributed by atoms with Gasteiger partial charge in [0.2, 0.25) is 4.96 Å². The topological polar surface area (TPSA) is 56.5 Å². The molecule has 2 heterocycles. The molecule has 130 valence electrons. The van der Waals surface area contributed by atoms with E-state index in [0.717, 1.165) is 22.4 Å². The van der Waals surface area contributed by atoms with Crippen LogP contribution in [0.25, 0.3) is 22.4 Å². The highest BCUT2D eigenvalue weighted by Crippen LogP contribution is 2.20.